The average Bonchev–Trinajstić information content (AvgIpc) is 3.09. The number of alkyl carbamates (subject to hydrolysis) is 1. The summed E-state index contributed by atoms with van der Waals surface area (Å²) in [7, 11) is 6.25. The lowest BCUT2D eigenvalue weighted by atomic mass is 10.1. The van der Waals surface area contributed by atoms with Gasteiger partial charge in [-0.1, -0.05) is 0 Å². The first-order valence-electron chi connectivity index (χ1n) is 17.7. The zero-order valence-electron chi connectivity index (χ0n) is 34.6. The molecule has 0 aliphatic heterocycles. The molecular formula is C39H64N2O13. The van der Waals surface area contributed by atoms with Crippen LogP contribution < -0.4 is 39.1 Å². The molecule has 0 radical (unpaired) electrons. The standard InChI is InChI=1S/C22H38N2O7.C11H14O4.C6H12O2/c1-7-30-17-14-19(26-5)18(20(15-17)27-6)16-23-8-10-28-12-13-29-11-9-24-21(25)31-22(2,3)4;1-4-15-8-5-10(13-2)9(7-12)11(6-8)14-3;1-5(7)8-6(2,3)4/h14-15,23H,7-13,16H2,1-6H3,(H,24,25);5-7H,4H2,1-3H3;1-4H3. The number of aldehydes is 1. The van der Waals surface area contributed by atoms with Gasteiger partial charge < -0.3 is 58.0 Å². The minimum Gasteiger partial charge on any atom is -0.496 e. The quantitative estimate of drug-likeness (QED) is 0.0913. The van der Waals surface area contributed by atoms with E-state index in [9.17, 15) is 14.4 Å². The van der Waals surface area contributed by atoms with E-state index < -0.39 is 11.7 Å². The molecule has 1 amide bonds. The first kappa shape index (κ1) is 49.5. The summed E-state index contributed by atoms with van der Waals surface area (Å²) in [5, 5.41) is 5.95. The van der Waals surface area contributed by atoms with Crippen LogP contribution in [0.25, 0.3) is 0 Å². The Labute approximate surface area is 321 Å². The Morgan fingerprint density at radius 2 is 1.07 bits per heavy atom. The third kappa shape index (κ3) is 22.6. The van der Waals surface area contributed by atoms with E-state index in [4.69, 9.17) is 47.4 Å². The molecule has 0 bridgehead atoms. The highest BCUT2D eigenvalue weighted by molar-refractivity contribution is 5.84. The molecule has 0 aliphatic rings. The van der Waals surface area contributed by atoms with Crippen LogP contribution in [0.5, 0.6) is 34.5 Å². The maximum absolute atomic E-state index is 11.5. The molecule has 0 atom stereocenters. The largest absolute Gasteiger partial charge is 0.496 e. The molecule has 0 fully saturated rings. The molecule has 2 rings (SSSR count). The van der Waals surface area contributed by atoms with Crippen molar-refractivity contribution in [1.29, 1.82) is 0 Å². The van der Waals surface area contributed by atoms with Gasteiger partial charge in [-0.15, -0.1) is 0 Å². The van der Waals surface area contributed by atoms with Crippen LogP contribution in [-0.2, 0) is 30.3 Å². The van der Waals surface area contributed by atoms with Gasteiger partial charge in [-0.05, 0) is 55.4 Å². The number of methoxy groups -OCH3 is 4. The number of nitrogens with one attached hydrogen (secondary N) is 2. The molecule has 0 aromatic heterocycles. The molecule has 0 heterocycles. The number of carbonyl (C=O) groups excluding carboxylic acids is 3. The molecule has 2 N–H and O–H groups in total. The number of esters is 1. The van der Waals surface area contributed by atoms with E-state index >= 15 is 0 Å². The van der Waals surface area contributed by atoms with Crippen LogP contribution in [0.3, 0.4) is 0 Å². The number of hydrogen-bond acceptors (Lipinski definition) is 14. The summed E-state index contributed by atoms with van der Waals surface area (Å²) in [6, 6.07) is 7.04. The summed E-state index contributed by atoms with van der Waals surface area (Å²) < 4.78 is 52.9. The van der Waals surface area contributed by atoms with E-state index in [2.05, 4.69) is 10.6 Å². The van der Waals surface area contributed by atoms with Crippen molar-refractivity contribution in [2.24, 2.45) is 0 Å². The summed E-state index contributed by atoms with van der Waals surface area (Å²) >= 11 is 0. The van der Waals surface area contributed by atoms with Crippen molar-refractivity contribution >= 4 is 18.3 Å². The fourth-order valence-corrected chi connectivity index (χ4v) is 4.32. The molecule has 54 heavy (non-hydrogen) atoms. The van der Waals surface area contributed by atoms with Gasteiger partial charge in [0.05, 0.1) is 79.2 Å². The van der Waals surface area contributed by atoms with Crippen molar-refractivity contribution < 1.29 is 61.8 Å². The minimum atomic E-state index is -0.504. The van der Waals surface area contributed by atoms with Crippen molar-refractivity contribution in [3.05, 3.63) is 35.4 Å². The lowest BCUT2D eigenvalue weighted by Gasteiger charge is -2.19. The van der Waals surface area contributed by atoms with E-state index in [0.29, 0.717) is 106 Å². The van der Waals surface area contributed by atoms with Crippen LogP contribution in [0.2, 0.25) is 0 Å². The third-order valence-electron chi connectivity index (χ3n) is 6.30. The van der Waals surface area contributed by atoms with Gasteiger partial charge in [0.15, 0.2) is 6.29 Å². The summed E-state index contributed by atoms with van der Waals surface area (Å²) in [5.41, 5.74) is 0.486. The molecule has 2 aromatic rings. The Balaban J connectivity index is 0.000000999. The predicted octanol–water partition coefficient (Wildman–Crippen LogP) is 6.01. The van der Waals surface area contributed by atoms with Crippen LogP contribution in [0.15, 0.2) is 24.3 Å². The normalized spacial score (nSPS) is 10.7. The highest BCUT2D eigenvalue weighted by Crippen LogP contribution is 2.34. The molecule has 15 heteroatoms. The fraction of sp³-hybridized carbons (Fsp3) is 0.615. The number of amides is 1. The Morgan fingerprint density at radius 3 is 1.43 bits per heavy atom. The predicted molar refractivity (Wildman–Crippen MR) is 206 cm³/mol. The second-order valence-electron chi connectivity index (χ2n) is 13.1. The molecule has 0 spiro atoms. The molecular weight excluding hydrogens is 704 g/mol. The van der Waals surface area contributed by atoms with Gasteiger partial charge in [0.25, 0.3) is 0 Å². The second kappa shape index (κ2) is 27.2. The summed E-state index contributed by atoms with van der Waals surface area (Å²) in [6.07, 6.45) is 0.257. The lowest BCUT2D eigenvalue weighted by Crippen LogP contribution is -2.34. The topological polar surface area (TPSA) is 168 Å². The molecule has 308 valence electrons. The number of carbonyl (C=O) groups is 3. The summed E-state index contributed by atoms with van der Waals surface area (Å²) in [6.45, 7) is 20.8. The number of hydrogen-bond donors (Lipinski definition) is 2. The summed E-state index contributed by atoms with van der Waals surface area (Å²) in [4.78, 5) is 32.6. The van der Waals surface area contributed by atoms with Gasteiger partial charge >= 0.3 is 12.1 Å². The van der Waals surface area contributed by atoms with Crippen LogP contribution in [0.1, 0.15) is 78.2 Å². The average molecular weight is 769 g/mol. The number of rotatable bonds is 20. The highest BCUT2D eigenvalue weighted by atomic mass is 16.6. The van der Waals surface area contributed by atoms with Crippen LogP contribution in [-0.4, -0.2) is 111 Å². The Kier molecular flexibility index (Phi) is 24.9. The Morgan fingerprint density at radius 1 is 0.648 bits per heavy atom. The van der Waals surface area contributed by atoms with E-state index in [1.165, 1.54) is 21.1 Å². The van der Waals surface area contributed by atoms with Crippen molar-refractivity contribution in [3.8, 4) is 34.5 Å². The monoisotopic (exact) mass is 768 g/mol. The Bertz CT molecular complexity index is 1320. The van der Waals surface area contributed by atoms with E-state index in [-0.39, 0.29) is 11.6 Å². The van der Waals surface area contributed by atoms with Gasteiger partial charge in [0.2, 0.25) is 0 Å². The van der Waals surface area contributed by atoms with Gasteiger partial charge in [0, 0.05) is 50.8 Å². The lowest BCUT2D eigenvalue weighted by molar-refractivity contribution is -0.151. The van der Waals surface area contributed by atoms with Crippen LogP contribution in [0, 0.1) is 0 Å². The maximum atomic E-state index is 11.5. The minimum absolute atomic E-state index is 0.225. The SMILES string of the molecule is CC(=O)OC(C)(C)C.CCOc1cc(OC)c(C=O)c(OC)c1.CCOc1cc(OC)c(CNCCOCCOCCNC(=O)OC(C)(C)C)c(OC)c1. The summed E-state index contributed by atoms with van der Waals surface area (Å²) in [5.74, 6) is 3.44. The number of ether oxygens (including phenoxy) is 10. The smallest absolute Gasteiger partial charge is 0.407 e. The second-order valence-corrected chi connectivity index (χ2v) is 13.1. The van der Waals surface area contributed by atoms with Crippen LogP contribution in [0.4, 0.5) is 4.79 Å². The first-order chi connectivity index (χ1) is 25.5. The van der Waals surface area contributed by atoms with Crippen molar-refractivity contribution in [2.75, 3.05) is 81.2 Å². The van der Waals surface area contributed by atoms with E-state index in [1.807, 2.05) is 67.5 Å². The number of benzene rings is 2. The molecule has 2 aromatic carbocycles. The van der Waals surface area contributed by atoms with E-state index in [1.54, 1.807) is 26.4 Å². The molecule has 0 aliphatic carbocycles. The van der Waals surface area contributed by atoms with Gasteiger partial charge in [-0.2, -0.15) is 0 Å². The van der Waals surface area contributed by atoms with Gasteiger partial charge in [-0.25, -0.2) is 4.79 Å². The molecule has 0 saturated carbocycles. The zero-order chi connectivity index (χ0) is 41.2. The van der Waals surface area contributed by atoms with Crippen molar-refractivity contribution in [1.82, 2.24) is 10.6 Å². The molecule has 0 unspecified atom stereocenters. The molecule has 15 nitrogen and oxygen atoms in total. The first-order valence-corrected chi connectivity index (χ1v) is 17.7. The van der Waals surface area contributed by atoms with Crippen molar-refractivity contribution in [2.45, 2.75) is 80.1 Å². The Hall–Kier alpha value is -4.47. The third-order valence-corrected chi connectivity index (χ3v) is 6.30. The highest BCUT2D eigenvalue weighted by Gasteiger charge is 2.16. The zero-order valence-corrected chi connectivity index (χ0v) is 34.6. The van der Waals surface area contributed by atoms with Gasteiger partial charge in [0.1, 0.15) is 45.7 Å². The fourth-order valence-electron chi connectivity index (χ4n) is 4.32. The maximum Gasteiger partial charge on any atom is 0.407 e. The van der Waals surface area contributed by atoms with Crippen LogP contribution >= 0.6 is 0 Å². The van der Waals surface area contributed by atoms with Crippen molar-refractivity contribution in [3.63, 3.8) is 0 Å². The van der Waals surface area contributed by atoms with E-state index in [0.717, 1.165) is 5.56 Å². The van der Waals surface area contributed by atoms with Gasteiger partial charge in [-0.3, -0.25) is 9.59 Å². The molecule has 0 saturated heterocycles.